The van der Waals surface area contributed by atoms with E-state index in [0.29, 0.717) is 73.1 Å². The summed E-state index contributed by atoms with van der Waals surface area (Å²) in [5.74, 6) is 0.0528. The van der Waals surface area contributed by atoms with E-state index >= 15 is 0 Å². The highest BCUT2D eigenvalue weighted by atomic mass is 16.6. The molecule has 4 amide bonds. The van der Waals surface area contributed by atoms with Gasteiger partial charge in [0.15, 0.2) is 0 Å². The van der Waals surface area contributed by atoms with Crippen LogP contribution in [0.15, 0.2) is 36.4 Å². The number of hydrogen-bond acceptors (Lipinski definition) is 7. The molecule has 0 radical (unpaired) electrons. The fraction of sp³-hybridized carbons (Fsp3) is 0.433. The molecule has 3 aromatic rings. The van der Waals surface area contributed by atoms with Gasteiger partial charge >= 0.3 is 6.09 Å². The van der Waals surface area contributed by atoms with Crippen LogP contribution in [0.3, 0.4) is 0 Å². The average Bonchev–Trinajstić information content (AvgIpc) is 3.40. The lowest BCUT2D eigenvalue weighted by molar-refractivity contribution is 0.0140. The number of ether oxygens (including phenoxy) is 2. The van der Waals surface area contributed by atoms with Crippen molar-refractivity contribution < 1.29 is 28.7 Å². The maximum atomic E-state index is 13.7. The second-order valence-corrected chi connectivity index (χ2v) is 11.0. The Morgan fingerprint density at radius 3 is 2.10 bits per heavy atom. The van der Waals surface area contributed by atoms with Crippen molar-refractivity contribution in [3.05, 3.63) is 58.9 Å². The monoisotopic (exact) mass is 561 g/mol. The van der Waals surface area contributed by atoms with Gasteiger partial charge in [0.05, 0.1) is 40.9 Å². The van der Waals surface area contributed by atoms with Gasteiger partial charge in [0.25, 0.3) is 17.7 Å². The van der Waals surface area contributed by atoms with Gasteiger partial charge in [-0.15, -0.1) is 0 Å². The second kappa shape index (κ2) is 10.9. The van der Waals surface area contributed by atoms with Crippen LogP contribution in [0.5, 0.6) is 5.75 Å². The van der Waals surface area contributed by atoms with Crippen LogP contribution >= 0.6 is 0 Å². The summed E-state index contributed by atoms with van der Waals surface area (Å²) in [7, 11) is 0. The van der Waals surface area contributed by atoms with Gasteiger partial charge in [0.2, 0.25) is 0 Å². The summed E-state index contributed by atoms with van der Waals surface area (Å²) >= 11 is 0. The summed E-state index contributed by atoms with van der Waals surface area (Å²) in [6.45, 7) is 11.6. The van der Waals surface area contributed by atoms with Crippen LogP contribution in [0.2, 0.25) is 0 Å². The highest BCUT2D eigenvalue weighted by Crippen LogP contribution is 2.30. The van der Waals surface area contributed by atoms with Gasteiger partial charge in [-0.25, -0.2) is 9.78 Å². The highest BCUT2D eigenvalue weighted by Gasteiger charge is 2.36. The normalized spacial score (nSPS) is 15.5. The number of carbonyl (C=O) groups excluding carboxylic acids is 4. The van der Waals surface area contributed by atoms with E-state index in [1.165, 1.54) is 4.90 Å². The van der Waals surface area contributed by atoms with Crippen molar-refractivity contribution >= 4 is 34.8 Å². The van der Waals surface area contributed by atoms with E-state index in [0.717, 1.165) is 5.52 Å². The summed E-state index contributed by atoms with van der Waals surface area (Å²) in [6.07, 6.45) is -0.392. The van der Waals surface area contributed by atoms with Crippen LogP contribution in [-0.4, -0.2) is 86.5 Å². The molecule has 41 heavy (non-hydrogen) atoms. The Morgan fingerprint density at radius 2 is 1.54 bits per heavy atom. The molecule has 2 aliphatic heterocycles. The van der Waals surface area contributed by atoms with E-state index in [9.17, 15) is 19.2 Å². The van der Waals surface area contributed by atoms with Gasteiger partial charge in [-0.05, 0) is 52.8 Å². The Balaban J connectivity index is 1.40. The Bertz CT molecular complexity index is 1500. The summed E-state index contributed by atoms with van der Waals surface area (Å²) in [5, 5.41) is 0. The number of fused-ring (bicyclic) bond motifs is 2. The molecule has 0 saturated carbocycles. The fourth-order valence-corrected chi connectivity index (χ4v) is 5.23. The minimum atomic E-state index is -0.591. The molecule has 0 N–H and O–H groups in total. The lowest BCUT2D eigenvalue weighted by Gasteiger charge is -2.35. The molecule has 1 fully saturated rings. The molecule has 216 valence electrons. The molecular formula is C30H35N5O6. The predicted molar refractivity (Wildman–Crippen MR) is 151 cm³/mol. The van der Waals surface area contributed by atoms with E-state index in [1.807, 2.05) is 39.2 Å². The lowest BCUT2D eigenvalue weighted by atomic mass is 10.1. The standard InChI is InChI=1S/C30H35N5O6/c1-6-34-23-17-24(40-7-2)21(26(36)32-12-14-33(15-13-32)29(39)41-30(3,4)5)16-22(23)31-25(34)18-35-27(37)19-10-8-9-11-20(19)28(35)38/h8-11,16-17H,6-7,12-15,18H2,1-5H3. The van der Waals surface area contributed by atoms with Gasteiger partial charge in [-0.1, -0.05) is 12.1 Å². The maximum Gasteiger partial charge on any atom is 0.410 e. The molecule has 11 nitrogen and oxygen atoms in total. The first-order chi connectivity index (χ1) is 19.5. The van der Waals surface area contributed by atoms with Crippen LogP contribution in [-0.2, 0) is 17.8 Å². The minimum absolute atomic E-state index is 0.00867. The zero-order chi connectivity index (χ0) is 29.5. The molecule has 1 aromatic heterocycles. The smallest absolute Gasteiger partial charge is 0.410 e. The van der Waals surface area contributed by atoms with Crippen molar-refractivity contribution in [2.45, 2.75) is 53.3 Å². The maximum absolute atomic E-state index is 13.7. The average molecular weight is 562 g/mol. The number of benzene rings is 2. The number of aryl methyl sites for hydroxylation is 1. The van der Waals surface area contributed by atoms with Crippen molar-refractivity contribution in [1.29, 1.82) is 0 Å². The van der Waals surface area contributed by atoms with Crippen molar-refractivity contribution in [3.63, 3.8) is 0 Å². The topological polar surface area (TPSA) is 114 Å². The van der Waals surface area contributed by atoms with Gasteiger partial charge in [0, 0.05) is 38.8 Å². The van der Waals surface area contributed by atoms with Crippen molar-refractivity contribution in [2.24, 2.45) is 0 Å². The van der Waals surface area contributed by atoms with Gasteiger partial charge < -0.3 is 23.8 Å². The Kier molecular flexibility index (Phi) is 7.46. The molecule has 5 rings (SSSR count). The molecule has 11 heteroatoms. The molecular weight excluding hydrogens is 526 g/mol. The zero-order valence-electron chi connectivity index (χ0n) is 24.1. The van der Waals surface area contributed by atoms with E-state index in [4.69, 9.17) is 14.5 Å². The Labute approximate surface area is 238 Å². The summed E-state index contributed by atoms with van der Waals surface area (Å²) < 4.78 is 13.3. The first-order valence-electron chi connectivity index (χ1n) is 13.9. The number of nitrogens with zero attached hydrogens (tertiary/aromatic N) is 5. The predicted octanol–water partition coefficient (Wildman–Crippen LogP) is 3.94. The van der Waals surface area contributed by atoms with Gasteiger partial charge in [-0.3, -0.25) is 19.3 Å². The molecule has 2 aliphatic rings. The van der Waals surface area contributed by atoms with Crippen LogP contribution in [0.25, 0.3) is 11.0 Å². The number of aromatic nitrogens is 2. The molecule has 2 aromatic carbocycles. The molecule has 3 heterocycles. The quantitative estimate of drug-likeness (QED) is 0.419. The Hall–Kier alpha value is -4.41. The van der Waals surface area contributed by atoms with Crippen LogP contribution in [0.1, 0.15) is 71.5 Å². The van der Waals surface area contributed by atoms with Crippen molar-refractivity contribution in [1.82, 2.24) is 24.3 Å². The number of rotatable bonds is 6. The molecule has 0 bridgehead atoms. The third kappa shape index (κ3) is 5.36. The van der Waals surface area contributed by atoms with Crippen molar-refractivity contribution in [3.8, 4) is 5.75 Å². The Morgan fingerprint density at radius 1 is 0.927 bits per heavy atom. The first-order valence-corrected chi connectivity index (χ1v) is 13.9. The second-order valence-electron chi connectivity index (χ2n) is 11.0. The molecule has 0 atom stereocenters. The van der Waals surface area contributed by atoms with E-state index in [2.05, 4.69) is 0 Å². The number of imide groups is 1. The van der Waals surface area contributed by atoms with E-state index in [-0.39, 0.29) is 24.3 Å². The van der Waals surface area contributed by atoms with E-state index < -0.39 is 11.7 Å². The molecule has 0 unspecified atom stereocenters. The van der Waals surface area contributed by atoms with Crippen LogP contribution < -0.4 is 4.74 Å². The molecule has 1 saturated heterocycles. The summed E-state index contributed by atoms with van der Waals surface area (Å²) in [6, 6.07) is 10.3. The lowest BCUT2D eigenvalue weighted by Crippen LogP contribution is -2.51. The number of amides is 4. The third-order valence-electron chi connectivity index (χ3n) is 7.17. The minimum Gasteiger partial charge on any atom is -0.493 e. The SMILES string of the molecule is CCOc1cc2c(cc1C(=O)N1CCN(C(=O)OC(C)(C)C)CC1)nc(CN1C(=O)c3ccccc3C1=O)n2CC. The van der Waals surface area contributed by atoms with Gasteiger partial charge in [-0.2, -0.15) is 0 Å². The fourth-order valence-electron chi connectivity index (χ4n) is 5.23. The largest absolute Gasteiger partial charge is 0.493 e. The number of hydrogen-bond donors (Lipinski definition) is 0. The number of carbonyl (C=O) groups is 4. The molecule has 0 aliphatic carbocycles. The van der Waals surface area contributed by atoms with Gasteiger partial charge in [0.1, 0.15) is 17.2 Å². The summed E-state index contributed by atoms with van der Waals surface area (Å²) in [4.78, 5) is 61.4. The van der Waals surface area contributed by atoms with E-state index in [1.54, 1.807) is 46.2 Å². The number of piperazine rings is 1. The zero-order valence-corrected chi connectivity index (χ0v) is 24.1. The van der Waals surface area contributed by atoms with Crippen molar-refractivity contribution in [2.75, 3.05) is 32.8 Å². The highest BCUT2D eigenvalue weighted by molar-refractivity contribution is 6.21. The first kappa shape index (κ1) is 28.1. The third-order valence-corrected chi connectivity index (χ3v) is 7.17. The van der Waals surface area contributed by atoms with Crippen LogP contribution in [0.4, 0.5) is 4.79 Å². The molecule has 0 spiro atoms. The number of imidazole rings is 1. The van der Waals surface area contributed by atoms with Crippen LogP contribution in [0, 0.1) is 0 Å². The summed E-state index contributed by atoms with van der Waals surface area (Å²) in [5.41, 5.74) is 1.86.